The van der Waals surface area contributed by atoms with Crippen LogP contribution in [-0.2, 0) is 11.3 Å². The molecule has 2 aromatic carbocycles. The van der Waals surface area contributed by atoms with Gasteiger partial charge in [-0.3, -0.25) is 4.79 Å². The lowest BCUT2D eigenvalue weighted by molar-refractivity contribution is -0.122. The number of aromatic nitrogens is 4. The number of nitrogens with one attached hydrogen (secondary N) is 1. The third kappa shape index (κ3) is 4.26. The first-order chi connectivity index (χ1) is 12.6. The quantitative estimate of drug-likeness (QED) is 0.720. The molecule has 1 aromatic heterocycles. The van der Waals surface area contributed by atoms with E-state index in [-0.39, 0.29) is 18.5 Å². The Hall–Kier alpha value is -2.73. The normalized spacial score (nSPS) is 12.0. The molecule has 1 amide bonds. The highest BCUT2D eigenvalue weighted by Gasteiger charge is 2.15. The molecule has 0 aliphatic heterocycles. The van der Waals surface area contributed by atoms with Crippen LogP contribution in [0.3, 0.4) is 0 Å². The monoisotopic (exact) mass is 369 g/mol. The molecule has 7 heteroatoms. The summed E-state index contributed by atoms with van der Waals surface area (Å²) in [6.45, 7) is 4.07. The van der Waals surface area contributed by atoms with Crippen molar-refractivity contribution >= 4 is 17.5 Å². The molecule has 0 fully saturated rings. The zero-order valence-electron chi connectivity index (χ0n) is 14.7. The Morgan fingerprint density at radius 1 is 1.19 bits per heavy atom. The average molecular weight is 370 g/mol. The number of tetrazole rings is 1. The smallest absolute Gasteiger partial charge is 0.244 e. The van der Waals surface area contributed by atoms with Crippen molar-refractivity contribution in [1.29, 1.82) is 0 Å². The van der Waals surface area contributed by atoms with Gasteiger partial charge in [-0.2, -0.15) is 4.80 Å². The summed E-state index contributed by atoms with van der Waals surface area (Å²) in [5.74, 6) is 0.231. The minimum absolute atomic E-state index is 0.000185. The van der Waals surface area contributed by atoms with Crippen molar-refractivity contribution in [2.75, 3.05) is 0 Å². The second-order valence-electron chi connectivity index (χ2n) is 6.06. The molecule has 3 rings (SSSR count). The molecule has 0 aliphatic rings. The van der Waals surface area contributed by atoms with E-state index in [2.05, 4.69) is 20.7 Å². The van der Waals surface area contributed by atoms with Crippen LogP contribution in [0.15, 0.2) is 48.5 Å². The topological polar surface area (TPSA) is 72.7 Å². The minimum atomic E-state index is -0.166. The van der Waals surface area contributed by atoms with Gasteiger partial charge in [-0.05, 0) is 36.3 Å². The summed E-state index contributed by atoms with van der Waals surface area (Å²) >= 11 is 6.14. The van der Waals surface area contributed by atoms with Gasteiger partial charge in [0.25, 0.3) is 0 Å². The lowest BCUT2D eigenvalue weighted by Crippen LogP contribution is -2.32. The van der Waals surface area contributed by atoms with Crippen molar-refractivity contribution in [2.45, 2.75) is 32.9 Å². The third-order valence-electron chi connectivity index (χ3n) is 4.08. The molecule has 1 atom stereocenters. The van der Waals surface area contributed by atoms with Crippen LogP contribution in [0.4, 0.5) is 0 Å². The molecule has 0 spiro atoms. The highest BCUT2D eigenvalue weighted by Crippen LogP contribution is 2.23. The highest BCUT2D eigenvalue weighted by atomic mass is 35.5. The predicted molar refractivity (Wildman–Crippen MR) is 101 cm³/mol. The van der Waals surface area contributed by atoms with Crippen molar-refractivity contribution in [1.82, 2.24) is 25.5 Å². The number of amides is 1. The van der Waals surface area contributed by atoms with Gasteiger partial charge in [0.2, 0.25) is 11.7 Å². The zero-order chi connectivity index (χ0) is 18.5. The molecule has 0 bridgehead atoms. The number of hydrogen-bond acceptors (Lipinski definition) is 4. The van der Waals surface area contributed by atoms with Crippen molar-refractivity contribution in [3.05, 3.63) is 64.7 Å². The highest BCUT2D eigenvalue weighted by molar-refractivity contribution is 6.33. The lowest BCUT2D eigenvalue weighted by atomic mass is 10.0. The number of carbonyl (C=O) groups is 1. The third-order valence-corrected chi connectivity index (χ3v) is 4.41. The summed E-state index contributed by atoms with van der Waals surface area (Å²) < 4.78 is 0. The van der Waals surface area contributed by atoms with Crippen molar-refractivity contribution < 1.29 is 4.79 Å². The van der Waals surface area contributed by atoms with Gasteiger partial charge in [-0.25, -0.2) is 0 Å². The van der Waals surface area contributed by atoms with Gasteiger partial charge in [0.15, 0.2) is 0 Å². The fourth-order valence-electron chi connectivity index (χ4n) is 2.65. The fraction of sp³-hybridized carbons (Fsp3) is 0.263. The second kappa shape index (κ2) is 8.10. The summed E-state index contributed by atoms with van der Waals surface area (Å²) in [5, 5.41) is 15.7. The average Bonchev–Trinajstić information content (AvgIpc) is 3.09. The Kier molecular flexibility index (Phi) is 5.63. The summed E-state index contributed by atoms with van der Waals surface area (Å²) in [7, 11) is 0. The fourth-order valence-corrected chi connectivity index (χ4v) is 2.87. The molecule has 0 radical (unpaired) electrons. The van der Waals surface area contributed by atoms with Gasteiger partial charge in [-0.1, -0.05) is 60.5 Å². The molecule has 1 N–H and O–H groups in total. The van der Waals surface area contributed by atoms with Gasteiger partial charge in [0, 0.05) is 5.56 Å². The van der Waals surface area contributed by atoms with E-state index >= 15 is 0 Å². The molecule has 1 heterocycles. The molecule has 0 saturated carbocycles. The molecular formula is C19H20ClN5O. The number of nitrogens with zero attached hydrogens (tertiary/aromatic N) is 4. The molecule has 26 heavy (non-hydrogen) atoms. The molecule has 0 aliphatic carbocycles. The molecule has 3 aromatic rings. The first kappa shape index (κ1) is 18.1. The van der Waals surface area contributed by atoms with Crippen LogP contribution >= 0.6 is 11.6 Å². The van der Waals surface area contributed by atoms with Crippen molar-refractivity contribution in [3.63, 3.8) is 0 Å². The van der Waals surface area contributed by atoms with Crippen molar-refractivity contribution in [3.8, 4) is 11.4 Å². The molecule has 134 valence electrons. The maximum atomic E-state index is 12.4. The van der Waals surface area contributed by atoms with Gasteiger partial charge in [0.1, 0.15) is 6.54 Å². The van der Waals surface area contributed by atoms with E-state index in [1.54, 1.807) is 6.07 Å². The molecular weight excluding hydrogens is 350 g/mol. The standard InChI is InChI=1S/C19H20ClN5O/c1-3-17(14-10-8-13(2)9-11-14)21-18(26)12-25-23-19(22-24-25)15-6-4-5-7-16(15)20/h4-11,17H,3,12H2,1-2H3,(H,21,26). The number of halogens is 1. The van der Waals surface area contributed by atoms with E-state index in [0.717, 1.165) is 12.0 Å². The largest absolute Gasteiger partial charge is 0.348 e. The summed E-state index contributed by atoms with van der Waals surface area (Å²) in [4.78, 5) is 13.6. The first-order valence-corrected chi connectivity index (χ1v) is 8.83. The van der Waals surface area contributed by atoms with E-state index in [9.17, 15) is 4.79 Å². The number of rotatable bonds is 6. The number of benzene rings is 2. The minimum Gasteiger partial charge on any atom is -0.348 e. The maximum absolute atomic E-state index is 12.4. The Balaban J connectivity index is 1.66. The first-order valence-electron chi connectivity index (χ1n) is 8.45. The van der Waals surface area contributed by atoms with Crippen LogP contribution in [0.5, 0.6) is 0 Å². The van der Waals surface area contributed by atoms with Gasteiger partial charge < -0.3 is 5.32 Å². The lowest BCUT2D eigenvalue weighted by Gasteiger charge is -2.17. The van der Waals surface area contributed by atoms with Crippen LogP contribution in [0.1, 0.15) is 30.5 Å². The van der Waals surface area contributed by atoms with E-state index in [1.165, 1.54) is 10.4 Å². The Bertz CT molecular complexity index is 891. The number of carbonyl (C=O) groups excluding carboxylic acids is 1. The van der Waals surface area contributed by atoms with Crippen LogP contribution < -0.4 is 5.32 Å². The maximum Gasteiger partial charge on any atom is 0.244 e. The van der Waals surface area contributed by atoms with Crippen molar-refractivity contribution in [2.24, 2.45) is 0 Å². The SMILES string of the molecule is CCC(NC(=O)Cn1nnc(-c2ccccc2Cl)n1)c1ccc(C)cc1. The summed E-state index contributed by atoms with van der Waals surface area (Å²) in [6.07, 6.45) is 0.796. The molecule has 6 nitrogen and oxygen atoms in total. The Morgan fingerprint density at radius 2 is 1.92 bits per heavy atom. The van der Waals surface area contributed by atoms with Gasteiger partial charge >= 0.3 is 0 Å². The van der Waals surface area contributed by atoms with Crippen LogP contribution in [-0.4, -0.2) is 26.1 Å². The summed E-state index contributed by atoms with van der Waals surface area (Å²) in [6, 6.07) is 15.4. The zero-order valence-corrected chi connectivity index (χ0v) is 15.4. The summed E-state index contributed by atoms with van der Waals surface area (Å²) in [5.41, 5.74) is 2.95. The van der Waals surface area contributed by atoms with E-state index < -0.39 is 0 Å². The Labute approximate surface area is 157 Å². The Morgan fingerprint density at radius 3 is 2.62 bits per heavy atom. The second-order valence-corrected chi connectivity index (χ2v) is 6.47. The van der Waals surface area contributed by atoms with Gasteiger partial charge in [0.05, 0.1) is 11.1 Å². The molecule has 0 saturated heterocycles. The van der Waals surface area contributed by atoms with Crippen LogP contribution in [0, 0.1) is 6.92 Å². The van der Waals surface area contributed by atoms with E-state index in [1.807, 2.05) is 56.3 Å². The predicted octanol–water partition coefficient (Wildman–Crippen LogP) is 3.57. The van der Waals surface area contributed by atoms with Crippen LogP contribution in [0.2, 0.25) is 5.02 Å². The molecule has 1 unspecified atom stereocenters. The van der Waals surface area contributed by atoms with Gasteiger partial charge in [-0.15, -0.1) is 10.2 Å². The number of hydrogen-bond donors (Lipinski definition) is 1. The van der Waals surface area contributed by atoms with E-state index in [0.29, 0.717) is 16.4 Å². The van der Waals surface area contributed by atoms with E-state index in [4.69, 9.17) is 11.6 Å². The number of aryl methyl sites for hydroxylation is 1. The van der Waals surface area contributed by atoms with Crippen LogP contribution in [0.25, 0.3) is 11.4 Å².